The SMILES string of the molecule is CC(=O)Nc1cccc(Cl)c1C(C)=O. The summed E-state index contributed by atoms with van der Waals surface area (Å²) in [5, 5.41) is 2.90. The molecular weight excluding hydrogens is 202 g/mol. The summed E-state index contributed by atoms with van der Waals surface area (Å²) in [6, 6.07) is 4.94. The Hall–Kier alpha value is -1.35. The first-order valence-electron chi connectivity index (χ1n) is 4.09. The Bertz CT molecular complexity index is 388. The van der Waals surface area contributed by atoms with E-state index in [-0.39, 0.29) is 11.7 Å². The van der Waals surface area contributed by atoms with Crippen LogP contribution in [0.2, 0.25) is 5.02 Å². The molecule has 0 aliphatic rings. The van der Waals surface area contributed by atoms with Crippen molar-refractivity contribution in [2.24, 2.45) is 0 Å². The van der Waals surface area contributed by atoms with E-state index < -0.39 is 0 Å². The molecule has 0 heterocycles. The van der Waals surface area contributed by atoms with Crippen LogP contribution in [0.25, 0.3) is 0 Å². The summed E-state index contributed by atoms with van der Waals surface area (Å²) in [4.78, 5) is 22.1. The molecule has 0 aromatic heterocycles. The third kappa shape index (κ3) is 2.33. The quantitative estimate of drug-likeness (QED) is 0.764. The maximum atomic E-state index is 11.2. The van der Waals surface area contributed by atoms with E-state index in [4.69, 9.17) is 11.6 Å². The molecule has 3 nitrogen and oxygen atoms in total. The average Bonchev–Trinajstić information content (AvgIpc) is 2.01. The zero-order chi connectivity index (χ0) is 10.7. The van der Waals surface area contributed by atoms with E-state index in [0.717, 1.165) is 0 Å². The summed E-state index contributed by atoms with van der Waals surface area (Å²) in [6.45, 7) is 2.79. The van der Waals surface area contributed by atoms with Crippen molar-refractivity contribution in [2.75, 3.05) is 5.32 Å². The molecule has 4 heteroatoms. The first-order chi connectivity index (χ1) is 6.52. The van der Waals surface area contributed by atoms with Gasteiger partial charge in [-0.3, -0.25) is 9.59 Å². The highest BCUT2D eigenvalue weighted by molar-refractivity contribution is 6.34. The molecule has 1 amide bonds. The molecule has 14 heavy (non-hydrogen) atoms. The number of hydrogen-bond donors (Lipinski definition) is 1. The van der Waals surface area contributed by atoms with Gasteiger partial charge in [0.15, 0.2) is 5.78 Å². The lowest BCUT2D eigenvalue weighted by molar-refractivity contribution is -0.114. The van der Waals surface area contributed by atoms with E-state index >= 15 is 0 Å². The minimum absolute atomic E-state index is 0.167. The van der Waals surface area contributed by atoms with Gasteiger partial charge in [0.2, 0.25) is 5.91 Å². The molecule has 0 fully saturated rings. The van der Waals surface area contributed by atoms with Crippen molar-refractivity contribution in [1.29, 1.82) is 0 Å². The van der Waals surface area contributed by atoms with Crippen molar-refractivity contribution in [2.45, 2.75) is 13.8 Å². The van der Waals surface area contributed by atoms with Crippen LogP contribution in [0.1, 0.15) is 24.2 Å². The number of halogens is 1. The van der Waals surface area contributed by atoms with Gasteiger partial charge < -0.3 is 5.32 Å². The van der Waals surface area contributed by atoms with Crippen LogP contribution in [-0.4, -0.2) is 11.7 Å². The summed E-state index contributed by atoms with van der Waals surface area (Å²) in [5.74, 6) is -0.394. The van der Waals surface area contributed by atoms with E-state index in [1.807, 2.05) is 0 Å². The molecule has 1 rings (SSSR count). The van der Waals surface area contributed by atoms with E-state index in [9.17, 15) is 9.59 Å². The highest BCUT2D eigenvalue weighted by Gasteiger charge is 2.11. The van der Waals surface area contributed by atoms with Gasteiger partial charge in [-0.2, -0.15) is 0 Å². The van der Waals surface area contributed by atoms with Crippen molar-refractivity contribution in [1.82, 2.24) is 0 Å². The number of ketones is 1. The van der Waals surface area contributed by atoms with Crippen molar-refractivity contribution in [3.8, 4) is 0 Å². The van der Waals surface area contributed by atoms with Crippen molar-refractivity contribution in [3.63, 3.8) is 0 Å². The number of nitrogens with one attached hydrogen (secondary N) is 1. The molecule has 74 valence electrons. The summed E-state index contributed by atoms with van der Waals surface area (Å²) in [5.41, 5.74) is 0.807. The van der Waals surface area contributed by atoms with Crippen LogP contribution in [0.15, 0.2) is 18.2 Å². The third-order valence-electron chi connectivity index (χ3n) is 1.68. The number of Topliss-reactive ketones (excluding diaryl/α,β-unsaturated/α-hetero) is 1. The minimum atomic E-state index is -0.227. The van der Waals surface area contributed by atoms with E-state index in [2.05, 4.69) is 5.32 Å². The van der Waals surface area contributed by atoms with E-state index in [1.54, 1.807) is 18.2 Å². The number of anilines is 1. The Morgan fingerprint density at radius 2 is 1.93 bits per heavy atom. The molecule has 0 bridgehead atoms. The number of hydrogen-bond acceptors (Lipinski definition) is 2. The van der Waals surface area contributed by atoms with Gasteiger partial charge in [0.05, 0.1) is 16.3 Å². The lowest BCUT2D eigenvalue weighted by Gasteiger charge is -2.08. The van der Waals surface area contributed by atoms with Crippen LogP contribution in [0, 0.1) is 0 Å². The fourth-order valence-corrected chi connectivity index (χ4v) is 1.48. The van der Waals surface area contributed by atoms with E-state index in [1.165, 1.54) is 13.8 Å². The highest BCUT2D eigenvalue weighted by atomic mass is 35.5. The number of rotatable bonds is 2. The summed E-state index contributed by atoms with van der Waals surface area (Å²) in [7, 11) is 0. The standard InChI is InChI=1S/C10H10ClNO2/c1-6(13)10-8(11)4-3-5-9(10)12-7(2)14/h3-5H,1-2H3,(H,12,14). The molecule has 0 saturated carbocycles. The zero-order valence-corrected chi connectivity index (χ0v) is 8.68. The summed E-state index contributed by atoms with van der Waals surface area (Å²) in [6.07, 6.45) is 0. The highest BCUT2D eigenvalue weighted by Crippen LogP contribution is 2.24. The summed E-state index contributed by atoms with van der Waals surface area (Å²) >= 11 is 5.84. The topological polar surface area (TPSA) is 46.2 Å². The van der Waals surface area contributed by atoms with Gasteiger partial charge in [0, 0.05) is 6.92 Å². The van der Waals surface area contributed by atoms with Gasteiger partial charge >= 0.3 is 0 Å². The molecule has 0 aliphatic heterocycles. The van der Waals surface area contributed by atoms with Crippen molar-refractivity contribution < 1.29 is 9.59 Å². The number of carbonyl (C=O) groups excluding carboxylic acids is 2. The van der Waals surface area contributed by atoms with Gasteiger partial charge in [-0.15, -0.1) is 0 Å². The fourth-order valence-electron chi connectivity index (χ4n) is 1.18. The predicted octanol–water partition coefficient (Wildman–Crippen LogP) is 2.50. The molecule has 0 atom stereocenters. The van der Waals surface area contributed by atoms with Crippen LogP contribution < -0.4 is 5.32 Å². The molecular formula is C10H10ClNO2. The maximum absolute atomic E-state index is 11.2. The van der Waals surface area contributed by atoms with Gasteiger partial charge in [-0.1, -0.05) is 17.7 Å². The fraction of sp³-hybridized carbons (Fsp3) is 0.200. The zero-order valence-electron chi connectivity index (χ0n) is 7.93. The summed E-state index contributed by atoms with van der Waals surface area (Å²) < 4.78 is 0. The number of amides is 1. The minimum Gasteiger partial charge on any atom is -0.326 e. The first-order valence-corrected chi connectivity index (χ1v) is 4.47. The second-order valence-electron chi connectivity index (χ2n) is 2.90. The first kappa shape index (κ1) is 10.7. The number of carbonyl (C=O) groups is 2. The second kappa shape index (κ2) is 4.24. The van der Waals surface area contributed by atoms with Crippen LogP contribution in [-0.2, 0) is 4.79 Å². The molecule has 1 aromatic rings. The smallest absolute Gasteiger partial charge is 0.221 e. The number of benzene rings is 1. The Kier molecular flexibility index (Phi) is 3.25. The molecule has 0 saturated heterocycles. The Balaban J connectivity index is 3.21. The predicted molar refractivity (Wildman–Crippen MR) is 55.8 cm³/mol. The largest absolute Gasteiger partial charge is 0.326 e. The Morgan fingerprint density at radius 3 is 2.43 bits per heavy atom. The lowest BCUT2D eigenvalue weighted by atomic mass is 10.1. The second-order valence-corrected chi connectivity index (χ2v) is 3.31. The van der Waals surface area contributed by atoms with Gasteiger partial charge in [0.1, 0.15) is 0 Å². The van der Waals surface area contributed by atoms with Crippen molar-refractivity contribution >= 4 is 29.0 Å². The third-order valence-corrected chi connectivity index (χ3v) is 1.99. The monoisotopic (exact) mass is 211 g/mol. The maximum Gasteiger partial charge on any atom is 0.221 e. The van der Waals surface area contributed by atoms with Crippen LogP contribution >= 0.6 is 11.6 Å². The Morgan fingerprint density at radius 1 is 1.29 bits per heavy atom. The Labute approximate surface area is 87.1 Å². The molecule has 0 radical (unpaired) electrons. The van der Waals surface area contributed by atoms with E-state index in [0.29, 0.717) is 16.3 Å². The van der Waals surface area contributed by atoms with Crippen LogP contribution in [0.4, 0.5) is 5.69 Å². The molecule has 1 aromatic carbocycles. The normalized spacial score (nSPS) is 9.64. The lowest BCUT2D eigenvalue weighted by Crippen LogP contribution is -2.10. The van der Waals surface area contributed by atoms with Gasteiger partial charge in [0.25, 0.3) is 0 Å². The molecule has 0 spiro atoms. The molecule has 0 aliphatic carbocycles. The van der Waals surface area contributed by atoms with Crippen LogP contribution in [0.3, 0.4) is 0 Å². The van der Waals surface area contributed by atoms with Crippen molar-refractivity contribution in [3.05, 3.63) is 28.8 Å². The average molecular weight is 212 g/mol. The molecule has 1 N–H and O–H groups in total. The van der Waals surface area contributed by atoms with Gasteiger partial charge in [-0.25, -0.2) is 0 Å². The van der Waals surface area contributed by atoms with Crippen LogP contribution in [0.5, 0.6) is 0 Å². The molecule has 0 unspecified atom stereocenters. The van der Waals surface area contributed by atoms with Gasteiger partial charge in [-0.05, 0) is 19.1 Å².